The second-order valence-electron chi connectivity index (χ2n) is 3.60. The SMILES string of the molecule is Cc1c(C(=O)O/N=C(\N)c2cccs2)cnn1C. The minimum absolute atomic E-state index is 0.180. The molecule has 94 valence electrons. The fourth-order valence-corrected chi connectivity index (χ4v) is 1.93. The van der Waals surface area contributed by atoms with Gasteiger partial charge in [-0.05, 0) is 18.4 Å². The molecule has 0 radical (unpaired) electrons. The number of nitrogens with zero attached hydrogens (tertiary/aromatic N) is 3. The number of thiophene rings is 1. The number of hydrogen-bond acceptors (Lipinski definition) is 5. The highest BCUT2D eigenvalue weighted by Crippen LogP contribution is 2.10. The Morgan fingerprint density at radius 1 is 1.61 bits per heavy atom. The molecule has 0 aliphatic rings. The maximum absolute atomic E-state index is 11.7. The van der Waals surface area contributed by atoms with Crippen molar-refractivity contribution in [1.82, 2.24) is 9.78 Å². The smallest absolute Gasteiger partial charge is 0.369 e. The first-order chi connectivity index (χ1) is 8.59. The van der Waals surface area contributed by atoms with Crippen LogP contribution in [0.15, 0.2) is 28.9 Å². The summed E-state index contributed by atoms with van der Waals surface area (Å²) >= 11 is 1.42. The van der Waals surface area contributed by atoms with E-state index >= 15 is 0 Å². The van der Waals surface area contributed by atoms with Crippen LogP contribution in [0.5, 0.6) is 0 Å². The van der Waals surface area contributed by atoms with E-state index in [4.69, 9.17) is 10.6 Å². The van der Waals surface area contributed by atoms with Crippen LogP contribution in [0.3, 0.4) is 0 Å². The number of aromatic nitrogens is 2. The maximum atomic E-state index is 11.7. The molecule has 0 fully saturated rings. The van der Waals surface area contributed by atoms with Gasteiger partial charge in [0, 0.05) is 12.7 Å². The van der Waals surface area contributed by atoms with Crippen LogP contribution in [0.4, 0.5) is 0 Å². The summed E-state index contributed by atoms with van der Waals surface area (Å²) in [7, 11) is 1.75. The van der Waals surface area contributed by atoms with Gasteiger partial charge in [-0.15, -0.1) is 11.3 Å². The van der Waals surface area contributed by atoms with Crippen molar-refractivity contribution in [2.24, 2.45) is 17.9 Å². The molecule has 2 rings (SSSR count). The van der Waals surface area contributed by atoms with Crippen LogP contribution in [0.1, 0.15) is 20.9 Å². The van der Waals surface area contributed by atoms with Gasteiger partial charge in [-0.1, -0.05) is 11.2 Å². The molecule has 0 spiro atoms. The fraction of sp³-hybridized carbons (Fsp3) is 0.182. The van der Waals surface area contributed by atoms with Gasteiger partial charge in [-0.2, -0.15) is 5.10 Å². The quantitative estimate of drug-likeness (QED) is 0.391. The van der Waals surface area contributed by atoms with E-state index < -0.39 is 5.97 Å². The molecule has 0 aliphatic carbocycles. The van der Waals surface area contributed by atoms with Gasteiger partial charge in [-0.3, -0.25) is 4.68 Å². The van der Waals surface area contributed by atoms with Crippen LogP contribution < -0.4 is 5.73 Å². The summed E-state index contributed by atoms with van der Waals surface area (Å²) in [4.78, 5) is 17.3. The number of rotatable bonds is 3. The number of aryl methyl sites for hydroxylation is 1. The van der Waals surface area contributed by atoms with Gasteiger partial charge >= 0.3 is 5.97 Å². The van der Waals surface area contributed by atoms with Crippen molar-refractivity contribution in [3.05, 3.63) is 39.8 Å². The van der Waals surface area contributed by atoms with Gasteiger partial charge in [-0.25, -0.2) is 4.79 Å². The molecule has 0 bridgehead atoms. The van der Waals surface area contributed by atoms with Gasteiger partial charge < -0.3 is 10.6 Å². The maximum Gasteiger partial charge on any atom is 0.369 e. The molecule has 2 heterocycles. The fourth-order valence-electron chi connectivity index (χ4n) is 1.31. The zero-order valence-electron chi connectivity index (χ0n) is 9.95. The summed E-state index contributed by atoms with van der Waals surface area (Å²) in [6.45, 7) is 1.77. The van der Waals surface area contributed by atoms with E-state index in [0.717, 1.165) is 4.88 Å². The van der Waals surface area contributed by atoms with Crippen LogP contribution in [-0.2, 0) is 11.9 Å². The molecular formula is C11H12N4O2S. The zero-order valence-corrected chi connectivity index (χ0v) is 10.8. The summed E-state index contributed by atoms with van der Waals surface area (Å²) in [5, 5.41) is 9.43. The van der Waals surface area contributed by atoms with Crippen LogP contribution in [0, 0.1) is 6.92 Å². The molecule has 0 saturated heterocycles. The van der Waals surface area contributed by atoms with E-state index in [1.165, 1.54) is 17.5 Å². The average Bonchev–Trinajstić information content (AvgIpc) is 2.98. The number of oxime groups is 1. The zero-order chi connectivity index (χ0) is 13.1. The third kappa shape index (κ3) is 2.40. The van der Waals surface area contributed by atoms with E-state index in [0.29, 0.717) is 11.3 Å². The number of amidine groups is 1. The van der Waals surface area contributed by atoms with Gasteiger partial charge in [0.15, 0.2) is 5.84 Å². The lowest BCUT2D eigenvalue weighted by atomic mass is 10.3. The molecule has 0 aromatic carbocycles. The Morgan fingerprint density at radius 3 is 2.94 bits per heavy atom. The van der Waals surface area contributed by atoms with E-state index in [1.54, 1.807) is 24.7 Å². The lowest BCUT2D eigenvalue weighted by Crippen LogP contribution is -2.14. The second kappa shape index (κ2) is 5.01. The number of nitrogens with two attached hydrogens (primary N) is 1. The summed E-state index contributed by atoms with van der Waals surface area (Å²) in [6, 6.07) is 3.64. The Labute approximate surface area is 108 Å². The van der Waals surface area contributed by atoms with Crippen molar-refractivity contribution in [3.8, 4) is 0 Å². The molecule has 0 amide bonds. The Bertz CT molecular complexity index is 586. The highest BCUT2D eigenvalue weighted by molar-refractivity contribution is 7.12. The molecule has 18 heavy (non-hydrogen) atoms. The normalized spacial score (nSPS) is 11.6. The molecule has 7 heteroatoms. The first-order valence-electron chi connectivity index (χ1n) is 5.17. The molecule has 2 N–H and O–H groups in total. The van der Waals surface area contributed by atoms with Crippen LogP contribution in [-0.4, -0.2) is 21.6 Å². The predicted octanol–water partition coefficient (Wildman–Crippen LogP) is 1.27. The summed E-state index contributed by atoms with van der Waals surface area (Å²) in [5.74, 6) is -0.389. The number of carbonyl (C=O) groups excluding carboxylic acids is 1. The van der Waals surface area contributed by atoms with E-state index in [9.17, 15) is 4.79 Å². The van der Waals surface area contributed by atoms with Crippen molar-refractivity contribution in [2.45, 2.75) is 6.92 Å². The first-order valence-corrected chi connectivity index (χ1v) is 6.05. The molecule has 0 atom stereocenters. The standard InChI is InChI=1S/C11H12N4O2S/c1-7-8(6-13-15(7)2)11(16)17-14-10(12)9-4-3-5-18-9/h3-6H,1-2H3,(H2,12,14). The lowest BCUT2D eigenvalue weighted by molar-refractivity contribution is 0.0515. The Balaban J connectivity index is 2.09. The monoisotopic (exact) mass is 264 g/mol. The highest BCUT2D eigenvalue weighted by atomic mass is 32.1. The summed E-state index contributed by atoms with van der Waals surface area (Å²) in [5.41, 5.74) is 6.76. The lowest BCUT2D eigenvalue weighted by Gasteiger charge is -1.99. The van der Waals surface area contributed by atoms with Crippen LogP contribution in [0.2, 0.25) is 0 Å². The van der Waals surface area contributed by atoms with Crippen LogP contribution in [0.25, 0.3) is 0 Å². The van der Waals surface area contributed by atoms with E-state index in [2.05, 4.69) is 10.3 Å². The van der Waals surface area contributed by atoms with Gasteiger partial charge in [0.25, 0.3) is 0 Å². The Hall–Kier alpha value is -2.15. The topological polar surface area (TPSA) is 82.5 Å². The minimum atomic E-state index is -0.569. The molecular weight excluding hydrogens is 252 g/mol. The van der Waals surface area contributed by atoms with E-state index in [1.807, 2.05) is 11.4 Å². The number of hydrogen-bond donors (Lipinski definition) is 1. The van der Waals surface area contributed by atoms with Crippen molar-refractivity contribution in [1.29, 1.82) is 0 Å². The van der Waals surface area contributed by atoms with Crippen molar-refractivity contribution >= 4 is 23.1 Å². The van der Waals surface area contributed by atoms with Gasteiger partial charge in [0.05, 0.1) is 11.1 Å². The molecule has 0 unspecified atom stereocenters. The summed E-state index contributed by atoms with van der Waals surface area (Å²) in [6.07, 6.45) is 1.44. The average molecular weight is 264 g/mol. The molecule has 2 aromatic heterocycles. The highest BCUT2D eigenvalue weighted by Gasteiger charge is 2.14. The largest absolute Gasteiger partial charge is 0.380 e. The molecule has 6 nitrogen and oxygen atoms in total. The van der Waals surface area contributed by atoms with Crippen molar-refractivity contribution in [3.63, 3.8) is 0 Å². The number of carbonyl (C=O) groups is 1. The van der Waals surface area contributed by atoms with Crippen molar-refractivity contribution < 1.29 is 9.63 Å². The molecule has 2 aromatic rings. The van der Waals surface area contributed by atoms with Gasteiger partial charge in [0.2, 0.25) is 0 Å². The molecule has 0 aliphatic heterocycles. The third-order valence-corrected chi connectivity index (χ3v) is 3.35. The van der Waals surface area contributed by atoms with Gasteiger partial charge in [0.1, 0.15) is 5.56 Å². The van der Waals surface area contributed by atoms with Crippen LogP contribution >= 0.6 is 11.3 Å². The summed E-state index contributed by atoms with van der Waals surface area (Å²) < 4.78 is 1.59. The Morgan fingerprint density at radius 2 is 2.39 bits per heavy atom. The Kier molecular flexibility index (Phi) is 3.42. The molecule has 0 saturated carbocycles. The first kappa shape index (κ1) is 12.3. The third-order valence-electron chi connectivity index (χ3n) is 2.46. The predicted molar refractivity (Wildman–Crippen MR) is 68.4 cm³/mol. The second-order valence-corrected chi connectivity index (χ2v) is 4.55. The van der Waals surface area contributed by atoms with Crippen molar-refractivity contribution in [2.75, 3.05) is 0 Å². The minimum Gasteiger partial charge on any atom is -0.380 e. The van der Waals surface area contributed by atoms with E-state index in [-0.39, 0.29) is 5.84 Å².